The number of nitrogens with zero attached hydrogens (tertiary/aromatic N) is 1. The number of rotatable bonds is 7. The molecule has 1 atom stereocenters. The van der Waals surface area contributed by atoms with Crippen LogP contribution < -0.4 is 5.32 Å². The monoisotopic (exact) mass is 488 g/mol. The van der Waals surface area contributed by atoms with Crippen LogP contribution in [0.2, 0.25) is 0 Å². The number of aromatic nitrogens is 1. The molecule has 0 saturated heterocycles. The molecule has 8 heteroatoms. The Labute approximate surface area is 207 Å². The second-order valence-corrected chi connectivity index (χ2v) is 8.46. The molecule has 2 N–H and O–H groups in total. The Morgan fingerprint density at radius 3 is 2.42 bits per heavy atom. The number of anilines is 1. The summed E-state index contributed by atoms with van der Waals surface area (Å²) in [4.78, 5) is 23.5. The van der Waals surface area contributed by atoms with Gasteiger partial charge in [-0.2, -0.15) is 0 Å². The molecule has 3 aromatic carbocycles. The molecular weight excluding hydrogens is 463 g/mol. The first-order chi connectivity index (χ1) is 17.2. The lowest BCUT2D eigenvalue weighted by atomic mass is 9.96. The van der Waals surface area contributed by atoms with E-state index in [-0.39, 0.29) is 12.0 Å². The van der Waals surface area contributed by atoms with Crippen molar-refractivity contribution in [2.24, 2.45) is 0 Å². The molecule has 1 amide bonds. The predicted octanol–water partition coefficient (Wildman–Crippen LogP) is 6.70. The van der Waals surface area contributed by atoms with E-state index in [2.05, 4.69) is 10.5 Å². The Morgan fingerprint density at radius 2 is 1.75 bits per heavy atom. The van der Waals surface area contributed by atoms with Crippen molar-refractivity contribution in [2.75, 3.05) is 5.32 Å². The number of aliphatic carboxylic acids is 1. The molecule has 0 saturated carbocycles. The molecule has 0 aliphatic rings. The van der Waals surface area contributed by atoms with Crippen LogP contribution >= 0.6 is 0 Å². The topological polar surface area (TPSA) is 102 Å². The number of carbonyl (C=O) groups excluding carboxylic acids is 1. The summed E-state index contributed by atoms with van der Waals surface area (Å²) in [6.07, 6.45) is -1.58. The molecule has 0 bridgehead atoms. The number of carbonyl (C=O) groups is 2. The second kappa shape index (κ2) is 10.4. The van der Waals surface area contributed by atoms with E-state index < -0.39 is 24.0 Å². The first kappa shape index (κ1) is 24.7. The molecule has 0 fully saturated rings. The van der Waals surface area contributed by atoms with Gasteiger partial charge in [0.2, 0.25) is 0 Å². The van der Waals surface area contributed by atoms with E-state index in [1.807, 2.05) is 37.3 Å². The maximum absolute atomic E-state index is 14.0. The molecule has 0 unspecified atom stereocenters. The zero-order valence-corrected chi connectivity index (χ0v) is 20.0. The number of carboxylic acids is 1. The molecule has 0 radical (unpaired) electrons. The lowest BCUT2D eigenvalue weighted by Crippen LogP contribution is -2.17. The number of aryl methyl sites for hydroxylation is 2. The number of carboxylic acid groups (broad SMARTS) is 1. The molecule has 0 aliphatic heterocycles. The summed E-state index contributed by atoms with van der Waals surface area (Å²) >= 11 is 0. The van der Waals surface area contributed by atoms with Crippen LogP contribution in [0.25, 0.3) is 22.5 Å². The smallest absolute Gasteiger partial charge is 0.412 e. The fourth-order valence-corrected chi connectivity index (χ4v) is 3.98. The van der Waals surface area contributed by atoms with Crippen LogP contribution in [0.1, 0.15) is 35.4 Å². The number of halogens is 1. The Bertz CT molecular complexity index is 1410. The summed E-state index contributed by atoms with van der Waals surface area (Å²) in [6.45, 7) is 5.24. The van der Waals surface area contributed by atoms with Gasteiger partial charge in [0.25, 0.3) is 0 Å². The molecule has 184 valence electrons. The third kappa shape index (κ3) is 5.43. The summed E-state index contributed by atoms with van der Waals surface area (Å²) in [5.74, 6) is -0.957. The standard InChI is InChI=1S/C28H25FN2O5/c1-16-14-21(12-13-22(16)20-10-8-19(9-11-20)15-25(32)33)27-26(17(2)31-36-27)30-28(34)35-18(3)23-6-4-5-7-24(23)29/h4-14,18H,15H2,1-3H3,(H,30,34)(H,32,33)/t18-/m1/s1. The van der Waals surface area contributed by atoms with Gasteiger partial charge >= 0.3 is 12.1 Å². The Morgan fingerprint density at radius 1 is 1.06 bits per heavy atom. The highest BCUT2D eigenvalue weighted by molar-refractivity contribution is 5.91. The number of benzene rings is 3. The molecule has 4 aromatic rings. The van der Waals surface area contributed by atoms with Gasteiger partial charge in [0.1, 0.15) is 23.3 Å². The first-order valence-electron chi connectivity index (χ1n) is 11.3. The van der Waals surface area contributed by atoms with Crippen molar-refractivity contribution in [1.29, 1.82) is 0 Å². The number of hydrogen-bond donors (Lipinski definition) is 2. The van der Waals surface area contributed by atoms with Crippen molar-refractivity contribution < 1.29 is 28.3 Å². The maximum atomic E-state index is 14.0. The number of amides is 1. The van der Waals surface area contributed by atoms with E-state index in [9.17, 15) is 14.0 Å². The van der Waals surface area contributed by atoms with E-state index >= 15 is 0 Å². The maximum Gasteiger partial charge on any atom is 0.412 e. The fourth-order valence-electron chi connectivity index (χ4n) is 3.98. The molecule has 36 heavy (non-hydrogen) atoms. The lowest BCUT2D eigenvalue weighted by molar-refractivity contribution is -0.136. The van der Waals surface area contributed by atoms with E-state index in [1.165, 1.54) is 6.07 Å². The highest BCUT2D eigenvalue weighted by atomic mass is 19.1. The number of hydrogen-bond acceptors (Lipinski definition) is 5. The van der Waals surface area contributed by atoms with E-state index in [0.717, 1.165) is 22.3 Å². The molecular formula is C28H25FN2O5. The minimum Gasteiger partial charge on any atom is -0.481 e. The molecule has 0 aliphatic carbocycles. The third-order valence-electron chi connectivity index (χ3n) is 5.83. The van der Waals surface area contributed by atoms with Crippen molar-refractivity contribution in [3.05, 3.63) is 94.9 Å². The zero-order valence-electron chi connectivity index (χ0n) is 20.0. The normalized spacial score (nSPS) is 11.7. The van der Waals surface area contributed by atoms with Gasteiger partial charge in [-0.05, 0) is 55.2 Å². The van der Waals surface area contributed by atoms with Crippen LogP contribution in [0.5, 0.6) is 0 Å². The summed E-state index contributed by atoms with van der Waals surface area (Å²) in [6, 6.07) is 19.2. The van der Waals surface area contributed by atoms with Crippen molar-refractivity contribution >= 4 is 17.7 Å². The van der Waals surface area contributed by atoms with Crippen molar-refractivity contribution in [3.8, 4) is 22.5 Å². The lowest BCUT2D eigenvalue weighted by Gasteiger charge is -2.15. The Kier molecular flexibility index (Phi) is 7.15. The number of nitrogens with one attached hydrogen (secondary N) is 1. The van der Waals surface area contributed by atoms with Crippen LogP contribution in [0.4, 0.5) is 14.9 Å². The summed E-state index contributed by atoms with van der Waals surface area (Å²) in [5.41, 5.74) is 5.42. The van der Waals surface area contributed by atoms with Crippen molar-refractivity contribution in [3.63, 3.8) is 0 Å². The quantitative estimate of drug-likeness (QED) is 0.300. The predicted molar refractivity (Wildman–Crippen MR) is 133 cm³/mol. The third-order valence-corrected chi connectivity index (χ3v) is 5.83. The van der Waals surface area contributed by atoms with Gasteiger partial charge < -0.3 is 14.4 Å². The van der Waals surface area contributed by atoms with Crippen LogP contribution in [-0.4, -0.2) is 22.3 Å². The van der Waals surface area contributed by atoms with Crippen molar-refractivity contribution in [2.45, 2.75) is 33.3 Å². The largest absolute Gasteiger partial charge is 0.481 e. The van der Waals surface area contributed by atoms with Gasteiger partial charge in [-0.1, -0.05) is 59.8 Å². The average molecular weight is 489 g/mol. The van der Waals surface area contributed by atoms with Gasteiger partial charge in [0.05, 0.1) is 6.42 Å². The minimum absolute atomic E-state index is 0.0275. The van der Waals surface area contributed by atoms with Gasteiger partial charge in [0.15, 0.2) is 5.76 Å². The van der Waals surface area contributed by atoms with E-state index in [1.54, 1.807) is 44.2 Å². The van der Waals surface area contributed by atoms with Crippen LogP contribution in [0.3, 0.4) is 0 Å². The number of ether oxygens (including phenoxy) is 1. The van der Waals surface area contributed by atoms with Gasteiger partial charge in [0, 0.05) is 11.1 Å². The van der Waals surface area contributed by atoms with Crippen LogP contribution in [-0.2, 0) is 16.0 Å². The zero-order chi connectivity index (χ0) is 25.8. The minimum atomic E-state index is -0.874. The van der Waals surface area contributed by atoms with Gasteiger partial charge in [-0.25, -0.2) is 9.18 Å². The SMILES string of the molecule is Cc1cc(-c2onc(C)c2NC(=O)O[C@H](C)c2ccccc2F)ccc1-c1ccc(CC(=O)O)cc1. The first-order valence-corrected chi connectivity index (χ1v) is 11.3. The van der Waals surface area contributed by atoms with Gasteiger partial charge in [-0.3, -0.25) is 10.1 Å². The molecule has 7 nitrogen and oxygen atoms in total. The van der Waals surface area contributed by atoms with Crippen LogP contribution in [0, 0.1) is 19.7 Å². The Balaban J connectivity index is 1.53. The summed E-state index contributed by atoms with van der Waals surface area (Å²) in [7, 11) is 0. The summed E-state index contributed by atoms with van der Waals surface area (Å²) < 4.78 is 24.9. The fraction of sp³-hybridized carbons (Fsp3) is 0.179. The van der Waals surface area contributed by atoms with Crippen LogP contribution in [0.15, 0.2) is 71.3 Å². The van der Waals surface area contributed by atoms with E-state index in [4.69, 9.17) is 14.4 Å². The van der Waals surface area contributed by atoms with Gasteiger partial charge in [-0.15, -0.1) is 0 Å². The molecule has 1 aromatic heterocycles. The highest BCUT2D eigenvalue weighted by Crippen LogP contribution is 2.34. The van der Waals surface area contributed by atoms with E-state index in [0.29, 0.717) is 22.7 Å². The Hall–Kier alpha value is -4.46. The highest BCUT2D eigenvalue weighted by Gasteiger charge is 2.21. The van der Waals surface area contributed by atoms with Crippen molar-refractivity contribution in [1.82, 2.24) is 5.16 Å². The summed E-state index contributed by atoms with van der Waals surface area (Å²) in [5, 5.41) is 15.6. The molecule has 4 rings (SSSR count). The second-order valence-electron chi connectivity index (χ2n) is 8.46. The molecule has 0 spiro atoms. The average Bonchev–Trinajstić information content (AvgIpc) is 3.19. The molecule has 1 heterocycles.